The maximum atomic E-state index is 13.3. The Morgan fingerprint density at radius 1 is 1.17 bits per heavy atom. The number of anilines is 2. The van der Waals surface area contributed by atoms with Gasteiger partial charge < -0.3 is 15.0 Å². The molecule has 0 radical (unpaired) electrons. The topological polar surface area (TPSA) is 63.2 Å². The number of morpholine rings is 1. The van der Waals surface area contributed by atoms with Gasteiger partial charge in [0, 0.05) is 19.3 Å². The van der Waals surface area contributed by atoms with Crippen LogP contribution in [0.5, 0.6) is 0 Å². The zero-order valence-electron chi connectivity index (χ0n) is 15.8. The number of rotatable bonds is 4. The van der Waals surface area contributed by atoms with Gasteiger partial charge in [0.05, 0.1) is 30.2 Å². The van der Waals surface area contributed by atoms with Crippen molar-refractivity contribution in [3.05, 3.63) is 53.7 Å². The first kappa shape index (κ1) is 19.4. The second-order valence-electron chi connectivity index (χ2n) is 6.87. The van der Waals surface area contributed by atoms with E-state index in [4.69, 9.17) is 4.74 Å². The molecule has 1 unspecified atom stereocenters. The van der Waals surface area contributed by atoms with Gasteiger partial charge in [-0.15, -0.1) is 0 Å². The lowest BCUT2D eigenvalue weighted by Crippen LogP contribution is -2.44. The Labute approximate surface area is 165 Å². The van der Waals surface area contributed by atoms with Crippen LogP contribution in [-0.4, -0.2) is 40.8 Å². The standard InChI is InChI=1S/C20H20F3N5O/c1-13-12-29-10-9-28(13)19-26-17-15(6-4-8-24-17)18(27-19)25-11-14-5-2-3-7-16(14)20(21,22)23/h2-8,13H,9-12H2,1H3,(H,24,25,26,27). The molecule has 1 aromatic carbocycles. The smallest absolute Gasteiger partial charge is 0.377 e. The number of hydrogen-bond acceptors (Lipinski definition) is 6. The van der Waals surface area contributed by atoms with E-state index in [1.54, 1.807) is 24.4 Å². The third-order valence-electron chi connectivity index (χ3n) is 4.85. The monoisotopic (exact) mass is 403 g/mol. The summed E-state index contributed by atoms with van der Waals surface area (Å²) in [5.74, 6) is 0.937. The van der Waals surface area contributed by atoms with Crippen molar-refractivity contribution in [2.24, 2.45) is 0 Å². The minimum Gasteiger partial charge on any atom is -0.377 e. The quantitative estimate of drug-likeness (QED) is 0.713. The maximum absolute atomic E-state index is 13.3. The van der Waals surface area contributed by atoms with Gasteiger partial charge in [-0.1, -0.05) is 18.2 Å². The largest absolute Gasteiger partial charge is 0.416 e. The first-order valence-electron chi connectivity index (χ1n) is 9.29. The molecule has 0 aliphatic carbocycles. The van der Waals surface area contributed by atoms with Crippen LogP contribution in [0.4, 0.5) is 24.9 Å². The van der Waals surface area contributed by atoms with Gasteiger partial charge >= 0.3 is 6.18 Å². The van der Waals surface area contributed by atoms with Gasteiger partial charge in [0.2, 0.25) is 5.95 Å². The van der Waals surface area contributed by atoms with E-state index in [2.05, 4.69) is 20.3 Å². The molecule has 1 fully saturated rings. The molecule has 0 saturated carbocycles. The third kappa shape index (κ3) is 4.09. The van der Waals surface area contributed by atoms with Crippen molar-refractivity contribution in [3.63, 3.8) is 0 Å². The molecule has 1 saturated heterocycles. The average molecular weight is 403 g/mol. The first-order valence-corrected chi connectivity index (χ1v) is 9.29. The molecule has 1 atom stereocenters. The molecule has 1 N–H and O–H groups in total. The van der Waals surface area contributed by atoms with Crippen molar-refractivity contribution in [1.29, 1.82) is 0 Å². The number of pyridine rings is 1. The summed E-state index contributed by atoms with van der Waals surface area (Å²) in [6.07, 6.45) is -2.79. The van der Waals surface area contributed by atoms with Crippen LogP contribution in [0.1, 0.15) is 18.1 Å². The van der Waals surface area contributed by atoms with E-state index in [9.17, 15) is 13.2 Å². The predicted molar refractivity (Wildman–Crippen MR) is 104 cm³/mol. The molecule has 0 bridgehead atoms. The number of hydrogen-bond donors (Lipinski definition) is 1. The predicted octanol–water partition coefficient (Wildman–Crippen LogP) is 3.88. The Morgan fingerprint density at radius 3 is 2.79 bits per heavy atom. The van der Waals surface area contributed by atoms with E-state index < -0.39 is 11.7 Å². The number of fused-ring (bicyclic) bond motifs is 1. The lowest BCUT2D eigenvalue weighted by molar-refractivity contribution is -0.138. The molecule has 1 aliphatic rings. The number of alkyl halides is 3. The molecule has 0 amide bonds. The van der Waals surface area contributed by atoms with Gasteiger partial charge in [-0.3, -0.25) is 0 Å². The Morgan fingerprint density at radius 2 is 2.00 bits per heavy atom. The van der Waals surface area contributed by atoms with Gasteiger partial charge in [-0.05, 0) is 30.7 Å². The summed E-state index contributed by atoms with van der Waals surface area (Å²) in [4.78, 5) is 15.5. The van der Waals surface area contributed by atoms with Crippen LogP contribution < -0.4 is 10.2 Å². The summed E-state index contributed by atoms with van der Waals surface area (Å²) in [6, 6.07) is 9.15. The van der Waals surface area contributed by atoms with Crippen LogP contribution in [0.3, 0.4) is 0 Å². The summed E-state index contributed by atoms with van der Waals surface area (Å²) in [5, 5.41) is 3.72. The Kier molecular flexibility index (Phi) is 5.23. The number of nitrogens with zero attached hydrogens (tertiary/aromatic N) is 4. The Bertz CT molecular complexity index is 1010. The highest BCUT2D eigenvalue weighted by atomic mass is 19.4. The van der Waals surface area contributed by atoms with Crippen LogP contribution in [0.25, 0.3) is 11.0 Å². The van der Waals surface area contributed by atoms with E-state index in [-0.39, 0.29) is 18.2 Å². The fraction of sp³-hybridized carbons (Fsp3) is 0.350. The molecular formula is C20H20F3N5O. The van der Waals surface area contributed by atoms with E-state index in [1.165, 1.54) is 12.1 Å². The van der Waals surface area contributed by atoms with Crippen molar-refractivity contribution in [1.82, 2.24) is 15.0 Å². The molecular weight excluding hydrogens is 383 g/mol. The Hall–Kier alpha value is -2.94. The van der Waals surface area contributed by atoms with E-state index in [1.807, 2.05) is 11.8 Å². The molecule has 0 spiro atoms. The van der Waals surface area contributed by atoms with Crippen molar-refractivity contribution < 1.29 is 17.9 Å². The maximum Gasteiger partial charge on any atom is 0.416 e. The highest BCUT2D eigenvalue weighted by Crippen LogP contribution is 2.32. The van der Waals surface area contributed by atoms with Crippen molar-refractivity contribution in [2.45, 2.75) is 25.7 Å². The molecule has 9 heteroatoms. The SMILES string of the molecule is CC1COCCN1c1nc(NCc2ccccc2C(F)(F)F)c2cccnc2n1. The van der Waals surface area contributed by atoms with E-state index in [0.29, 0.717) is 42.6 Å². The van der Waals surface area contributed by atoms with Gasteiger partial charge in [0.15, 0.2) is 5.65 Å². The number of benzene rings is 1. The molecule has 2 aromatic heterocycles. The molecule has 3 aromatic rings. The highest BCUT2D eigenvalue weighted by Gasteiger charge is 2.32. The van der Waals surface area contributed by atoms with Gasteiger partial charge in [0.1, 0.15) is 5.82 Å². The summed E-state index contributed by atoms with van der Waals surface area (Å²) in [6.45, 7) is 3.75. The van der Waals surface area contributed by atoms with Gasteiger partial charge in [0.25, 0.3) is 0 Å². The number of ether oxygens (including phenoxy) is 1. The molecule has 1 aliphatic heterocycles. The molecule has 4 rings (SSSR count). The zero-order valence-corrected chi connectivity index (χ0v) is 15.8. The van der Waals surface area contributed by atoms with Gasteiger partial charge in [-0.2, -0.15) is 23.1 Å². The first-order chi connectivity index (χ1) is 13.9. The zero-order chi connectivity index (χ0) is 20.4. The summed E-state index contributed by atoms with van der Waals surface area (Å²) < 4.78 is 45.4. The fourth-order valence-electron chi connectivity index (χ4n) is 3.37. The molecule has 3 heterocycles. The van der Waals surface area contributed by atoms with Crippen LogP contribution in [0.2, 0.25) is 0 Å². The number of aromatic nitrogens is 3. The van der Waals surface area contributed by atoms with E-state index in [0.717, 1.165) is 6.07 Å². The van der Waals surface area contributed by atoms with Crippen molar-refractivity contribution >= 4 is 22.8 Å². The fourth-order valence-corrected chi connectivity index (χ4v) is 3.37. The molecule has 6 nitrogen and oxygen atoms in total. The number of nitrogens with one attached hydrogen (secondary N) is 1. The van der Waals surface area contributed by atoms with Gasteiger partial charge in [-0.25, -0.2) is 4.98 Å². The normalized spacial score (nSPS) is 17.5. The Balaban J connectivity index is 1.69. The van der Waals surface area contributed by atoms with Crippen LogP contribution in [0.15, 0.2) is 42.6 Å². The second-order valence-corrected chi connectivity index (χ2v) is 6.87. The average Bonchev–Trinajstić information content (AvgIpc) is 2.71. The molecule has 29 heavy (non-hydrogen) atoms. The van der Waals surface area contributed by atoms with Crippen molar-refractivity contribution in [3.8, 4) is 0 Å². The van der Waals surface area contributed by atoms with Crippen LogP contribution >= 0.6 is 0 Å². The summed E-state index contributed by atoms with van der Waals surface area (Å²) in [5.41, 5.74) is -0.0225. The van der Waals surface area contributed by atoms with Crippen LogP contribution in [-0.2, 0) is 17.5 Å². The van der Waals surface area contributed by atoms with E-state index >= 15 is 0 Å². The minimum atomic E-state index is -4.41. The summed E-state index contributed by atoms with van der Waals surface area (Å²) >= 11 is 0. The lowest BCUT2D eigenvalue weighted by Gasteiger charge is -2.33. The lowest BCUT2D eigenvalue weighted by atomic mass is 10.1. The minimum absolute atomic E-state index is 0.0191. The van der Waals surface area contributed by atoms with Crippen molar-refractivity contribution in [2.75, 3.05) is 30.0 Å². The number of halogens is 3. The van der Waals surface area contributed by atoms with Crippen LogP contribution in [0, 0.1) is 0 Å². The molecule has 152 valence electrons. The highest BCUT2D eigenvalue weighted by molar-refractivity contribution is 5.87. The summed E-state index contributed by atoms with van der Waals surface area (Å²) in [7, 11) is 0. The second kappa shape index (κ2) is 7.82. The third-order valence-corrected chi connectivity index (χ3v) is 4.85.